The predicted octanol–water partition coefficient (Wildman–Crippen LogP) is 3.84. The van der Waals surface area contributed by atoms with Gasteiger partial charge in [0.15, 0.2) is 6.61 Å². The number of carbonyl (C=O) groups excluding carboxylic acids is 1. The summed E-state index contributed by atoms with van der Waals surface area (Å²) in [4.78, 5) is 14.1. The van der Waals surface area contributed by atoms with E-state index >= 15 is 0 Å². The molecule has 0 aromatic heterocycles. The smallest absolute Gasteiger partial charge is 0.262 e. The van der Waals surface area contributed by atoms with Gasteiger partial charge in [-0.1, -0.05) is 0 Å². The number of ether oxygens (including phenoxy) is 2. The zero-order valence-electron chi connectivity index (χ0n) is 14.8. The second-order valence-electron chi connectivity index (χ2n) is 6.23. The van der Waals surface area contributed by atoms with Crippen LogP contribution in [0.15, 0.2) is 42.5 Å². The molecule has 138 valence electrons. The predicted molar refractivity (Wildman–Crippen MR) is 99.6 cm³/mol. The number of hydrogen-bond acceptors (Lipinski definition) is 4. The van der Waals surface area contributed by atoms with E-state index < -0.39 is 0 Å². The summed E-state index contributed by atoms with van der Waals surface area (Å²) < 4.78 is 24.9. The van der Waals surface area contributed by atoms with E-state index in [0.29, 0.717) is 22.9 Å². The lowest BCUT2D eigenvalue weighted by Gasteiger charge is -2.29. The summed E-state index contributed by atoms with van der Waals surface area (Å²) in [5.41, 5.74) is 1.02. The van der Waals surface area contributed by atoms with Gasteiger partial charge >= 0.3 is 0 Å². The van der Waals surface area contributed by atoms with Crippen LogP contribution in [0.25, 0.3) is 0 Å². The van der Waals surface area contributed by atoms with Gasteiger partial charge in [0.1, 0.15) is 17.3 Å². The first-order valence-electron chi connectivity index (χ1n) is 8.77. The molecule has 3 rings (SSSR count). The molecule has 26 heavy (non-hydrogen) atoms. The van der Waals surface area contributed by atoms with Crippen LogP contribution in [0.1, 0.15) is 19.3 Å². The molecule has 1 saturated heterocycles. The van der Waals surface area contributed by atoms with Gasteiger partial charge < -0.3 is 19.7 Å². The van der Waals surface area contributed by atoms with Crippen LogP contribution in [0, 0.1) is 5.82 Å². The maximum absolute atomic E-state index is 14.4. The van der Waals surface area contributed by atoms with E-state index in [2.05, 4.69) is 10.2 Å². The number of hydrogen-bond donors (Lipinski definition) is 1. The fourth-order valence-electron chi connectivity index (χ4n) is 2.99. The van der Waals surface area contributed by atoms with E-state index in [1.54, 1.807) is 43.5 Å². The lowest BCUT2D eigenvalue weighted by atomic mass is 10.1. The van der Waals surface area contributed by atoms with Gasteiger partial charge in [-0.15, -0.1) is 0 Å². The van der Waals surface area contributed by atoms with Crippen LogP contribution in [0.5, 0.6) is 11.5 Å². The van der Waals surface area contributed by atoms with Gasteiger partial charge in [0.05, 0.1) is 12.8 Å². The van der Waals surface area contributed by atoms with Gasteiger partial charge in [0.25, 0.3) is 5.91 Å². The number of halogens is 1. The molecule has 1 N–H and O–H groups in total. The summed E-state index contributed by atoms with van der Waals surface area (Å²) in [6.45, 7) is 1.60. The Kier molecular flexibility index (Phi) is 5.94. The molecule has 2 aromatic carbocycles. The molecule has 0 aliphatic carbocycles. The number of carbonyl (C=O) groups is 1. The molecule has 1 aliphatic heterocycles. The first-order chi connectivity index (χ1) is 12.7. The van der Waals surface area contributed by atoms with E-state index in [0.717, 1.165) is 25.9 Å². The minimum absolute atomic E-state index is 0.151. The lowest BCUT2D eigenvalue weighted by molar-refractivity contribution is -0.118. The Morgan fingerprint density at radius 3 is 2.42 bits per heavy atom. The molecule has 0 radical (unpaired) electrons. The van der Waals surface area contributed by atoms with Gasteiger partial charge in [-0.2, -0.15) is 0 Å². The Bertz CT molecular complexity index is 743. The highest BCUT2D eigenvalue weighted by molar-refractivity contribution is 5.92. The molecule has 2 aromatic rings. The van der Waals surface area contributed by atoms with Crippen LogP contribution in [0.3, 0.4) is 0 Å². The van der Waals surface area contributed by atoms with Crippen LogP contribution in [-0.4, -0.2) is 32.7 Å². The average molecular weight is 358 g/mol. The fourth-order valence-corrected chi connectivity index (χ4v) is 2.99. The summed E-state index contributed by atoms with van der Waals surface area (Å²) in [7, 11) is 1.58. The zero-order valence-corrected chi connectivity index (χ0v) is 14.8. The molecule has 1 fully saturated rings. The highest BCUT2D eigenvalue weighted by Crippen LogP contribution is 2.25. The van der Waals surface area contributed by atoms with Crippen molar-refractivity contribution >= 4 is 17.3 Å². The van der Waals surface area contributed by atoms with E-state index in [1.807, 2.05) is 0 Å². The van der Waals surface area contributed by atoms with Gasteiger partial charge in [-0.05, 0) is 61.7 Å². The summed E-state index contributed by atoms with van der Waals surface area (Å²) in [5.74, 6) is 0.616. The van der Waals surface area contributed by atoms with Crippen molar-refractivity contribution in [2.45, 2.75) is 19.3 Å². The Morgan fingerprint density at radius 2 is 1.77 bits per heavy atom. The summed E-state index contributed by atoms with van der Waals surface area (Å²) in [6.07, 6.45) is 3.36. The molecule has 0 unspecified atom stereocenters. The number of benzene rings is 2. The SMILES string of the molecule is COc1ccc(OCC(=O)Nc2ccc(N3CCCCC3)c(F)c2)cc1. The molecule has 5 nitrogen and oxygen atoms in total. The van der Waals surface area contributed by atoms with Crippen molar-refractivity contribution in [1.82, 2.24) is 0 Å². The van der Waals surface area contributed by atoms with Gasteiger partial charge in [0.2, 0.25) is 0 Å². The Morgan fingerprint density at radius 1 is 1.08 bits per heavy atom. The van der Waals surface area contributed by atoms with Crippen LogP contribution in [-0.2, 0) is 4.79 Å². The number of nitrogens with zero attached hydrogens (tertiary/aromatic N) is 1. The standard InChI is InChI=1S/C20H23FN2O3/c1-25-16-6-8-17(9-7-16)26-14-20(24)22-15-5-10-19(18(21)13-15)23-11-3-2-4-12-23/h5-10,13H,2-4,11-12,14H2,1H3,(H,22,24). The Balaban J connectivity index is 1.54. The summed E-state index contributed by atoms with van der Waals surface area (Å²) in [6, 6.07) is 11.7. The summed E-state index contributed by atoms with van der Waals surface area (Å²) >= 11 is 0. The van der Waals surface area contributed by atoms with Crippen molar-refractivity contribution in [1.29, 1.82) is 0 Å². The lowest BCUT2D eigenvalue weighted by Crippen LogP contribution is -2.30. The molecule has 6 heteroatoms. The zero-order chi connectivity index (χ0) is 18.4. The van der Waals surface area contributed by atoms with Gasteiger partial charge in [0, 0.05) is 18.8 Å². The molecule has 0 atom stereocenters. The highest BCUT2D eigenvalue weighted by atomic mass is 19.1. The monoisotopic (exact) mass is 358 g/mol. The molecular formula is C20H23FN2O3. The van der Waals surface area contributed by atoms with E-state index in [4.69, 9.17) is 9.47 Å². The summed E-state index contributed by atoms with van der Waals surface area (Å²) in [5, 5.41) is 2.66. The topological polar surface area (TPSA) is 50.8 Å². The second kappa shape index (κ2) is 8.56. The highest BCUT2D eigenvalue weighted by Gasteiger charge is 2.15. The number of amides is 1. The second-order valence-corrected chi connectivity index (χ2v) is 6.23. The Hall–Kier alpha value is -2.76. The van der Waals surface area contributed by atoms with Crippen molar-refractivity contribution in [3.05, 3.63) is 48.3 Å². The van der Waals surface area contributed by atoms with E-state index in [1.165, 1.54) is 12.5 Å². The maximum atomic E-state index is 14.4. The Labute approximate surface area is 152 Å². The van der Waals surface area contributed by atoms with E-state index in [-0.39, 0.29) is 18.3 Å². The number of methoxy groups -OCH3 is 1. The third kappa shape index (κ3) is 4.65. The molecule has 1 aliphatic rings. The van der Waals surface area contributed by atoms with Gasteiger partial charge in [-0.3, -0.25) is 4.79 Å². The average Bonchev–Trinajstić information content (AvgIpc) is 2.67. The normalized spacial score (nSPS) is 14.0. The van der Waals surface area contributed by atoms with Crippen LogP contribution < -0.4 is 19.7 Å². The molecule has 1 amide bonds. The van der Waals surface area contributed by atoms with Crippen molar-refractivity contribution in [3.8, 4) is 11.5 Å². The first-order valence-corrected chi connectivity index (χ1v) is 8.77. The minimum Gasteiger partial charge on any atom is -0.497 e. The molecular weight excluding hydrogens is 335 g/mol. The molecule has 1 heterocycles. The molecule has 0 saturated carbocycles. The van der Waals surface area contributed by atoms with Crippen LogP contribution in [0.4, 0.5) is 15.8 Å². The van der Waals surface area contributed by atoms with Crippen LogP contribution in [0.2, 0.25) is 0 Å². The number of rotatable bonds is 6. The number of anilines is 2. The maximum Gasteiger partial charge on any atom is 0.262 e. The third-order valence-corrected chi connectivity index (χ3v) is 4.36. The van der Waals surface area contributed by atoms with Crippen LogP contribution >= 0.6 is 0 Å². The quantitative estimate of drug-likeness (QED) is 0.852. The van der Waals surface area contributed by atoms with Gasteiger partial charge in [-0.25, -0.2) is 4.39 Å². The van der Waals surface area contributed by atoms with Crippen molar-refractivity contribution < 1.29 is 18.7 Å². The van der Waals surface area contributed by atoms with Crippen molar-refractivity contribution in [2.75, 3.05) is 37.0 Å². The van der Waals surface area contributed by atoms with Crippen molar-refractivity contribution in [2.24, 2.45) is 0 Å². The fraction of sp³-hybridized carbons (Fsp3) is 0.350. The minimum atomic E-state index is -0.342. The first kappa shape index (κ1) is 18.0. The third-order valence-electron chi connectivity index (χ3n) is 4.36. The van der Waals surface area contributed by atoms with Crippen molar-refractivity contribution in [3.63, 3.8) is 0 Å². The van der Waals surface area contributed by atoms with E-state index in [9.17, 15) is 9.18 Å². The largest absolute Gasteiger partial charge is 0.497 e. The molecule has 0 spiro atoms. The number of piperidine rings is 1. The number of nitrogens with one attached hydrogen (secondary N) is 1. The molecule has 0 bridgehead atoms.